The van der Waals surface area contributed by atoms with Crippen molar-refractivity contribution in [2.24, 2.45) is 0 Å². The van der Waals surface area contributed by atoms with Crippen molar-refractivity contribution < 1.29 is 0 Å². The van der Waals surface area contributed by atoms with Crippen molar-refractivity contribution in [3.63, 3.8) is 0 Å². The van der Waals surface area contributed by atoms with E-state index in [2.05, 4.69) is 67.5 Å². The van der Waals surface area contributed by atoms with E-state index in [9.17, 15) is 0 Å². The molecule has 0 aliphatic heterocycles. The molecular weight excluding hydrogens is 339 g/mol. The maximum absolute atomic E-state index is 4.49. The molecule has 0 fully saturated rings. The fraction of sp³-hybridized carbons (Fsp3) is 0.188. The predicted molar refractivity (Wildman–Crippen MR) is 84.5 cm³/mol. The van der Waals surface area contributed by atoms with Crippen LogP contribution in [0.4, 0.5) is 0 Å². The van der Waals surface area contributed by atoms with E-state index in [1.807, 2.05) is 6.07 Å². The predicted octanol–water partition coefficient (Wildman–Crippen LogP) is 3.78. The fourth-order valence-electron chi connectivity index (χ4n) is 2.30. The molecule has 1 heterocycles. The van der Waals surface area contributed by atoms with Gasteiger partial charge in [0.15, 0.2) is 0 Å². The first kappa shape index (κ1) is 12.7. The van der Waals surface area contributed by atoms with Gasteiger partial charge in [-0.3, -0.25) is 0 Å². The van der Waals surface area contributed by atoms with E-state index in [1.165, 1.54) is 10.9 Å². The number of aromatic nitrogens is 2. The van der Waals surface area contributed by atoms with Gasteiger partial charge in [-0.2, -0.15) is 0 Å². The van der Waals surface area contributed by atoms with Crippen LogP contribution in [0.2, 0.25) is 14.8 Å². The van der Waals surface area contributed by atoms with E-state index in [0.717, 1.165) is 11.2 Å². The van der Waals surface area contributed by atoms with Crippen molar-refractivity contribution >= 4 is 32.9 Å². The normalized spacial score (nSPS) is 11.9. The molecule has 0 bridgehead atoms. The molecule has 0 saturated heterocycles. The Morgan fingerprint density at radius 1 is 0.947 bits per heavy atom. The van der Waals surface area contributed by atoms with E-state index in [0.29, 0.717) is 0 Å². The third kappa shape index (κ3) is 2.41. The van der Waals surface area contributed by atoms with Gasteiger partial charge in [0.25, 0.3) is 0 Å². The summed E-state index contributed by atoms with van der Waals surface area (Å²) in [6.45, 7) is 0. The van der Waals surface area contributed by atoms with Crippen LogP contribution in [-0.2, 0) is 0 Å². The molecule has 3 rings (SSSR count). The number of hydrogen-bond acceptors (Lipinski definition) is 1. The summed E-state index contributed by atoms with van der Waals surface area (Å²) in [5.41, 5.74) is 3.36. The van der Waals surface area contributed by atoms with Crippen LogP contribution in [-0.4, -0.2) is 28.6 Å². The average molecular weight is 357 g/mol. The molecule has 1 N–H and O–H groups in total. The third-order valence-electron chi connectivity index (χ3n) is 3.48. The first-order valence-electron chi connectivity index (χ1n) is 6.60. The van der Waals surface area contributed by atoms with Crippen LogP contribution in [0.15, 0.2) is 48.5 Å². The average Bonchev–Trinajstić information content (AvgIpc) is 2.81. The van der Waals surface area contributed by atoms with Gasteiger partial charge in [-0.15, -0.1) is 0 Å². The van der Waals surface area contributed by atoms with Gasteiger partial charge in [0.1, 0.15) is 0 Å². The van der Waals surface area contributed by atoms with Gasteiger partial charge < -0.3 is 0 Å². The topological polar surface area (TPSA) is 28.7 Å². The van der Waals surface area contributed by atoms with Gasteiger partial charge in [0.2, 0.25) is 0 Å². The van der Waals surface area contributed by atoms with E-state index in [4.69, 9.17) is 0 Å². The number of hydrogen-bond donors (Lipinski definition) is 1. The maximum atomic E-state index is 4.49. The fourth-order valence-corrected chi connectivity index (χ4v) is 5.61. The van der Waals surface area contributed by atoms with Crippen LogP contribution in [0.5, 0.6) is 0 Å². The molecule has 1 aromatic heterocycles. The molecule has 0 radical (unpaired) electrons. The first-order chi connectivity index (χ1) is 9.05. The Kier molecular flexibility index (Phi) is 3.13. The molecule has 0 unspecified atom stereocenters. The van der Waals surface area contributed by atoms with E-state index >= 15 is 0 Å². The zero-order valence-corrected chi connectivity index (χ0v) is 14.4. The van der Waals surface area contributed by atoms with E-state index in [1.54, 1.807) is 3.58 Å². The number of benzene rings is 2. The van der Waals surface area contributed by atoms with Gasteiger partial charge in [-0.25, -0.2) is 0 Å². The summed E-state index contributed by atoms with van der Waals surface area (Å²) in [4.78, 5) is 7.33. The van der Waals surface area contributed by atoms with Crippen molar-refractivity contribution in [2.75, 3.05) is 0 Å². The minimum absolute atomic E-state index is 1.06. The number of aromatic amines is 1. The molecule has 3 aromatic rings. The molecule has 0 amide bonds. The third-order valence-corrected chi connectivity index (χ3v) is 9.31. The SMILES string of the molecule is [CH3][Sn]([CH3])([CH3])[c]1ccc2[nH]nc(-c3ccccc3)c2c1. The summed E-state index contributed by atoms with van der Waals surface area (Å²) in [5.74, 6) is 0. The second-order valence-electron chi connectivity index (χ2n) is 5.95. The Hall–Kier alpha value is -1.29. The van der Waals surface area contributed by atoms with Gasteiger partial charge in [-0.1, -0.05) is 0 Å². The van der Waals surface area contributed by atoms with Crippen molar-refractivity contribution in [2.45, 2.75) is 14.8 Å². The summed E-state index contributed by atoms with van der Waals surface area (Å²) in [7, 11) is 0. The van der Waals surface area contributed by atoms with Crippen LogP contribution in [0.25, 0.3) is 22.2 Å². The molecule has 0 atom stereocenters. The summed E-state index contributed by atoms with van der Waals surface area (Å²) >= 11 is -2.03. The Morgan fingerprint density at radius 3 is 2.37 bits per heavy atom. The van der Waals surface area contributed by atoms with Crippen LogP contribution >= 0.6 is 0 Å². The molecule has 0 saturated carbocycles. The second kappa shape index (κ2) is 4.67. The number of fused-ring (bicyclic) bond motifs is 1. The zero-order valence-electron chi connectivity index (χ0n) is 11.6. The molecule has 2 nitrogen and oxygen atoms in total. The number of nitrogens with one attached hydrogen (secondary N) is 1. The Balaban J connectivity index is 2.22. The van der Waals surface area contributed by atoms with Crippen LogP contribution in [0.3, 0.4) is 0 Å². The summed E-state index contributed by atoms with van der Waals surface area (Å²) in [6.07, 6.45) is 0. The van der Waals surface area contributed by atoms with Crippen molar-refractivity contribution in [3.05, 3.63) is 48.5 Å². The molecule has 19 heavy (non-hydrogen) atoms. The van der Waals surface area contributed by atoms with E-state index < -0.39 is 18.4 Å². The van der Waals surface area contributed by atoms with Crippen LogP contribution in [0.1, 0.15) is 0 Å². The molecule has 0 aliphatic carbocycles. The van der Waals surface area contributed by atoms with Gasteiger partial charge in [-0.05, 0) is 0 Å². The van der Waals surface area contributed by atoms with Crippen molar-refractivity contribution in [1.29, 1.82) is 0 Å². The number of nitrogens with zero attached hydrogens (tertiary/aromatic N) is 1. The molecule has 0 spiro atoms. The van der Waals surface area contributed by atoms with Gasteiger partial charge >= 0.3 is 118 Å². The van der Waals surface area contributed by atoms with Crippen LogP contribution < -0.4 is 3.58 Å². The Bertz CT molecular complexity index is 708. The second-order valence-corrected chi connectivity index (χ2v) is 20.4. The van der Waals surface area contributed by atoms with Gasteiger partial charge in [0, 0.05) is 0 Å². The van der Waals surface area contributed by atoms with Crippen LogP contribution in [0, 0.1) is 0 Å². The Morgan fingerprint density at radius 2 is 1.68 bits per heavy atom. The molecule has 0 aliphatic rings. The van der Waals surface area contributed by atoms with Gasteiger partial charge in [0.05, 0.1) is 0 Å². The molecule has 3 heteroatoms. The summed E-state index contributed by atoms with van der Waals surface area (Å²) < 4.78 is 1.54. The molecule has 2 aromatic carbocycles. The Labute approximate surface area is 117 Å². The van der Waals surface area contributed by atoms with Crippen molar-refractivity contribution in [3.8, 4) is 11.3 Å². The molecule has 96 valence electrons. The summed E-state index contributed by atoms with van der Waals surface area (Å²) in [6, 6.07) is 17.2. The minimum atomic E-state index is -2.03. The number of H-pyrrole nitrogens is 1. The summed E-state index contributed by atoms with van der Waals surface area (Å²) in [5, 5.41) is 8.87. The van der Waals surface area contributed by atoms with E-state index in [-0.39, 0.29) is 0 Å². The zero-order chi connectivity index (χ0) is 13.5. The molecular formula is C16H18N2Sn. The quantitative estimate of drug-likeness (QED) is 0.695. The number of rotatable bonds is 2. The monoisotopic (exact) mass is 358 g/mol. The van der Waals surface area contributed by atoms with Crippen molar-refractivity contribution in [1.82, 2.24) is 10.2 Å². The standard InChI is InChI=1S/C13H9N2.3CH3.Sn/c1-2-6-10(7-3-1)13-11-8-4-5-9-12(11)14-15-13;;;;/h1-3,5-9H,(H,14,15);3*1H3;. The first-order valence-corrected chi connectivity index (χ1v) is 16.6.